The first-order chi connectivity index (χ1) is 11.5. The third kappa shape index (κ3) is 6.47. The second-order valence-electron chi connectivity index (χ2n) is 6.08. The molecule has 1 heterocycles. The van der Waals surface area contributed by atoms with Crippen LogP contribution in [0.5, 0.6) is 0 Å². The Hall–Kier alpha value is -1.63. The molecule has 1 aliphatic heterocycles. The SMILES string of the molecule is CCCOC(=O)CC1C(=O)NCCN1CC(=O)N(CCC)CCC. The lowest BCUT2D eigenvalue weighted by Gasteiger charge is -2.35. The van der Waals surface area contributed by atoms with Crippen LogP contribution in [0.1, 0.15) is 46.5 Å². The molecule has 0 aromatic rings. The van der Waals surface area contributed by atoms with E-state index < -0.39 is 12.0 Å². The molecule has 0 spiro atoms. The summed E-state index contributed by atoms with van der Waals surface area (Å²) in [6.45, 7) is 9.01. The number of rotatable bonds is 10. The van der Waals surface area contributed by atoms with Gasteiger partial charge in [-0.1, -0.05) is 20.8 Å². The lowest BCUT2D eigenvalue weighted by molar-refractivity contribution is -0.149. The molecule has 1 rings (SSSR count). The largest absolute Gasteiger partial charge is 0.466 e. The lowest BCUT2D eigenvalue weighted by Crippen LogP contribution is -2.58. The van der Waals surface area contributed by atoms with Crippen molar-refractivity contribution in [3.05, 3.63) is 0 Å². The van der Waals surface area contributed by atoms with Gasteiger partial charge in [0.2, 0.25) is 11.8 Å². The molecule has 1 saturated heterocycles. The first-order valence-electron chi connectivity index (χ1n) is 8.98. The van der Waals surface area contributed by atoms with Crippen molar-refractivity contribution in [1.29, 1.82) is 0 Å². The van der Waals surface area contributed by atoms with Gasteiger partial charge in [0.15, 0.2) is 0 Å². The number of carbonyl (C=O) groups excluding carboxylic acids is 3. The summed E-state index contributed by atoms with van der Waals surface area (Å²) in [4.78, 5) is 40.2. The highest BCUT2D eigenvalue weighted by atomic mass is 16.5. The van der Waals surface area contributed by atoms with E-state index in [4.69, 9.17) is 4.74 Å². The van der Waals surface area contributed by atoms with Gasteiger partial charge in [-0.3, -0.25) is 19.3 Å². The summed E-state index contributed by atoms with van der Waals surface area (Å²) in [7, 11) is 0. The van der Waals surface area contributed by atoms with Crippen LogP contribution in [0.15, 0.2) is 0 Å². The van der Waals surface area contributed by atoms with E-state index in [0.29, 0.717) is 19.7 Å². The minimum atomic E-state index is -0.628. The highest BCUT2D eigenvalue weighted by Crippen LogP contribution is 2.11. The van der Waals surface area contributed by atoms with Crippen LogP contribution >= 0.6 is 0 Å². The summed E-state index contributed by atoms with van der Waals surface area (Å²) in [5.74, 6) is -0.587. The molecule has 0 bridgehead atoms. The van der Waals surface area contributed by atoms with E-state index in [1.807, 2.05) is 25.7 Å². The maximum Gasteiger partial charge on any atom is 0.307 e. The molecule has 0 aliphatic carbocycles. The number of nitrogens with one attached hydrogen (secondary N) is 1. The number of ether oxygens (including phenoxy) is 1. The summed E-state index contributed by atoms with van der Waals surface area (Å²) >= 11 is 0. The van der Waals surface area contributed by atoms with Crippen molar-refractivity contribution < 1.29 is 19.1 Å². The van der Waals surface area contributed by atoms with Crippen LogP contribution in [-0.4, -0.2) is 73.0 Å². The maximum absolute atomic E-state index is 12.5. The predicted molar refractivity (Wildman–Crippen MR) is 91.4 cm³/mol. The van der Waals surface area contributed by atoms with Gasteiger partial charge in [0, 0.05) is 26.2 Å². The number of carbonyl (C=O) groups is 3. The zero-order valence-corrected chi connectivity index (χ0v) is 15.2. The normalized spacial score (nSPS) is 18.1. The first-order valence-corrected chi connectivity index (χ1v) is 8.98. The second kappa shape index (κ2) is 11.0. The van der Waals surface area contributed by atoms with Crippen LogP contribution < -0.4 is 5.32 Å². The van der Waals surface area contributed by atoms with Gasteiger partial charge in [0.05, 0.1) is 19.6 Å². The molecule has 1 unspecified atom stereocenters. The van der Waals surface area contributed by atoms with Crippen molar-refractivity contribution >= 4 is 17.8 Å². The highest BCUT2D eigenvalue weighted by molar-refractivity contribution is 5.88. The topological polar surface area (TPSA) is 79.0 Å². The van der Waals surface area contributed by atoms with Gasteiger partial charge in [-0.2, -0.15) is 0 Å². The summed E-state index contributed by atoms with van der Waals surface area (Å²) in [6.07, 6.45) is 2.53. The number of esters is 1. The smallest absolute Gasteiger partial charge is 0.307 e. The predicted octanol–water partition coefficient (Wildman–Crippen LogP) is 0.779. The second-order valence-corrected chi connectivity index (χ2v) is 6.08. The molecule has 0 radical (unpaired) electrons. The van der Waals surface area contributed by atoms with Crippen molar-refractivity contribution in [2.75, 3.05) is 39.3 Å². The Morgan fingerprint density at radius 3 is 2.46 bits per heavy atom. The Labute approximate surface area is 144 Å². The van der Waals surface area contributed by atoms with E-state index in [9.17, 15) is 14.4 Å². The van der Waals surface area contributed by atoms with E-state index in [-0.39, 0.29) is 24.8 Å². The average molecular weight is 341 g/mol. The van der Waals surface area contributed by atoms with E-state index in [1.165, 1.54) is 0 Å². The zero-order valence-electron chi connectivity index (χ0n) is 15.2. The third-order valence-corrected chi connectivity index (χ3v) is 3.95. The molecule has 1 atom stereocenters. The van der Waals surface area contributed by atoms with Crippen molar-refractivity contribution in [3.63, 3.8) is 0 Å². The monoisotopic (exact) mass is 341 g/mol. The average Bonchev–Trinajstić information content (AvgIpc) is 2.55. The molecular weight excluding hydrogens is 310 g/mol. The van der Waals surface area contributed by atoms with Gasteiger partial charge in [-0.15, -0.1) is 0 Å². The first kappa shape index (κ1) is 20.4. The van der Waals surface area contributed by atoms with E-state index in [0.717, 1.165) is 32.4 Å². The third-order valence-electron chi connectivity index (χ3n) is 3.95. The van der Waals surface area contributed by atoms with Crippen LogP contribution in [0.2, 0.25) is 0 Å². The van der Waals surface area contributed by atoms with Crippen LogP contribution in [0.3, 0.4) is 0 Å². The zero-order chi connectivity index (χ0) is 17.9. The maximum atomic E-state index is 12.5. The fraction of sp³-hybridized carbons (Fsp3) is 0.824. The summed E-state index contributed by atoms with van der Waals surface area (Å²) < 4.78 is 5.08. The minimum absolute atomic E-state index is 0.0132. The molecule has 1 aliphatic rings. The molecule has 0 aromatic heterocycles. The summed E-state index contributed by atoms with van der Waals surface area (Å²) in [5, 5.41) is 2.76. The molecule has 2 amide bonds. The molecule has 138 valence electrons. The molecule has 24 heavy (non-hydrogen) atoms. The van der Waals surface area contributed by atoms with Crippen molar-refractivity contribution in [3.8, 4) is 0 Å². The van der Waals surface area contributed by atoms with Gasteiger partial charge in [-0.05, 0) is 19.3 Å². The fourth-order valence-corrected chi connectivity index (χ4v) is 2.78. The van der Waals surface area contributed by atoms with Gasteiger partial charge >= 0.3 is 5.97 Å². The summed E-state index contributed by atoms with van der Waals surface area (Å²) in [5.41, 5.74) is 0. The molecule has 7 nitrogen and oxygen atoms in total. The Kier molecular flexibility index (Phi) is 9.37. The molecule has 0 saturated carbocycles. The Balaban J connectivity index is 2.68. The van der Waals surface area contributed by atoms with Crippen molar-refractivity contribution in [2.24, 2.45) is 0 Å². The van der Waals surface area contributed by atoms with Crippen LogP contribution in [0, 0.1) is 0 Å². The quantitative estimate of drug-likeness (QED) is 0.594. The standard InChI is InChI=1S/C17H31N3O4/c1-4-8-19(9-5-2)15(21)13-20-10-7-18-17(23)14(20)12-16(22)24-11-6-3/h14H,4-13H2,1-3H3,(H,18,23). The van der Waals surface area contributed by atoms with Crippen LogP contribution in [-0.2, 0) is 19.1 Å². The minimum Gasteiger partial charge on any atom is -0.466 e. The van der Waals surface area contributed by atoms with Crippen molar-refractivity contribution in [2.45, 2.75) is 52.5 Å². The number of nitrogens with zero attached hydrogens (tertiary/aromatic N) is 2. The number of hydrogen-bond donors (Lipinski definition) is 1. The molecule has 7 heteroatoms. The van der Waals surface area contributed by atoms with E-state index >= 15 is 0 Å². The molecule has 1 fully saturated rings. The highest BCUT2D eigenvalue weighted by Gasteiger charge is 2.33. The van der Waals surface area contributed by atoms with Crippen LogP contribution in [0.25, 0.3) is 0 Å². The van der Waals surface area contributed by atoms with Crippen LogP contribution in [0.4, 0.5) is 0 Å². The molecule has 1 N–H and O–H groups in total. The Morgan fingerprint density at radius 2 is 1.88 bits per heavy atom. The van der Waals surface area contributed by atoms with E-state index in [2.05, 4.69) is 5.32 Å². The van der Waals surface area contributed by atoms with Crippen molar-refractivity contribution in [1.82, 2.24) is 15.1 Å². The van der Waals surface area contributed by atoms with Gasteiger partial charge in [0.1, 0.15) is 6.04 Å². The lowest BCUT2D eigenvalue weighted by atomic mass is 10.1. The Morgan fingerprint density at radius 1 is 1.21 bits per heavy atom. The van der Waals surface area contributed by atoms with Gasteiger partial charge in [0.25, 0.3) is 0 Å². The number of piperazine rings is 1. The Bertz CT molecular complexity index is 422. The number of amides is 2. The number of hydrogen-bond acceptors (Lipinski definition) is 5. The van der Waals surface area contributed by atoms with Gasteiger partial charge in [-0.25, -0.2) is 0 Å². The fourth-order valence-electron chi connectivity index (χ4n) is 2.78. The molecule has 0 aromatic carbocycles. The van der Waals surface area contributed by atoms with E-state index in [1.54, 1.807) is 4.90 Å². The van der Waals surface area contributed by atoms with Gasteiger partial charge < -0.3 is 15.0 Å². The molecular formula is C17H31N3O4. The summed E-state index contributed by atoms with van der Waals surface area (Å²) in [6, 6.07) is -0.628.